The number of aliphatic carboxylic acids is 2. The quantitative estimate of drug-likeness (QED) is 0.544. The van der Waals surface area contributed by atoms with Crippen molar-refractivity contribution >= 4 is 52.2 Å². The van der Waals surface area contributed by atoms with E-state index in [-0.39, 0.29) is 17.2 Å². The van der Waals surface area contributed by atoms with E-state index in [0.29, 0.717) is 4.91 Å². The van der Waals surface area contributed by atoms with Crippen LogP contribution >= 0.6 is 24.0 Å². The van der Waals surface area contributed by atoms with Crippen molar-refractivity contribution in [2.75, 3.05) is 0 Å². The van der Waals surface area contributed by atoms with Crippen molar-refractivity contribution in [3.63, 3.8) is 0 Å². The molecule has 6 nitrogen and oxygen atoms in total. The SMILES string of the molecule is CC(=C\c1ccccc1)/C=C1/SC(=S)N([C@H](CCC(=O)O)C(=O)O)C1=O. The number of carboxylic acids is 2. The minimum atomic E-state index is -1.29. The fourth-order valence-corrected chi connectivity index (χ4v) is 3.84. The summed E-state index contributed by atoms with van der Waals surface area (Å²) in [6.45, 7) is 1.83. The number of nitrogens with zero attached hydrogens (tertiary/aromatic N) is 1. The van der Waals surface area contributed by atoms with Gasteiger partial charge in [-0.3, -0.25) is 14.5 Å². The van der Waals surface area contributed by atoms with Crippen LogP contribution in [-0.4, -0.2) is 43.3 Å². The number of carbonyl (C=O) groups is 3. The number of thiocarbonyl (C=S) groups is 1. The predicted molar refractivity (Wildman–Crippen MR) is 104 cm³/mol. The zero-order chi connectivity index (χ0) is 19.3. The molecule has 1 heterocycles. The molecule has 2 N–H and O–H groups in total. The number of carboxylic acid groups (broad SMARTS) is 2. The Morgan fingerprint density at radius 2 is 1.92 bits per heavy atom. The first kappa shape index (κ1) is 19.9. The summed E-state index contributed by atoms with van der Waals surface area (Å²) in [5.41, 5.74) is 1.79. The fourth-order valence-electron chi connectivity index (χ4n) is 2.43. The average Bonchev–Trinajstić information content (AvgIpc) is 2.83. The van der Waals surface area contributed by atoms with E-state index in [4.69, 9.17) is 17.3 Å². The van der Waals surface area contributed by atoms with Crippen molar-refractivity contribution in [2.24, 2.45) is 0 Å². The van der Waals surface area contributed by atoms with Gasteiger partial charge in [-0.25, -0.2) is 4.79 Å². The smallest absolute Gasteiger partial charge is 0.326 e. The molecular formula is C18H17NO5S2. The third-order valence-corrected chi connectivity index (χ3v) is 4.93. The molecule has 0 saturated carbocycles. The van der Waals surface area contributed by atoms with Gasteiger partial charge in [0.25, 0.3) is 5.91 Å². The first-order valence-corrected chi connectivity index (χ1v) is 8.97. The summed E-state index contributed by atoms with van der Waals surface area (Å²) in [5, 5.41) is 18.1. The van der Waals surface area contributed by atoms with E-state index in [2.05, 4.69) is 0 Å². The Bertz CT molecular complexity index is 801. The predicted octanol–water partition coefficient (Wildman–Crippen LogP) is 3.15. The van der Waals surface area contributed by atoms with Gasteiger partial charge < -0.3 is 10.2 Å². The molecular weight excluding hydrogens is 374 g/mol. The molecule has 1 aliphatic heterocycles. The second kappa shape index (κ2) is 8.77. The van der Waals surface area contributed by atoms with E-state index in [1.165, 1.54) is 0 Å². The molecule has 136 valence electrons. The first-order chi connectivity index (χ1) is 12.3. The molecule has 0 spiro atoms. The number of carbonyl (C=O) groups excluding carboxylic acids is 1. The minimum Gasteiger partial charge on any atom is -0.481 e. The zero-order valence-electron chi connectivity index (χ0n) is 13.9. The van der Waals surface area contributed by atoms with Crippen LogP contribution in [0.15, 0.2) is 46.9 Å². The summed E-state index contributed by atoms with van der Waals surface area (Å²) in [7, 11) is 0. The number of benzene rings is 1. The van der Waals surface area contributed by atoms with Gasteiger partial charge in [0.05, 0.1) is 4.91 Å². The number of hydrogen-bond donors (Lipinski definition) is 2. The van der Waals surface area contributed by atoms with Gasteiger partial charge >= 0.3 is 11.9 Å². The molecule has 1 aromatic carbocycles. The Morgan fingerprint density at radius 1 is 1.27 bits per heavy atom. The van der Waals surface area contributed by atoms with Crippen LogP contribution in [0.1, 0.15) is 25.3 Å². The number of hydrogen-bond acceptors (Lipinski definition) is 5. The van der Waals surface area contributed by atoms with Crippen molar-refractivity contribution in [3.8, 4) is 0 Å². The van der Waals surface area contributed by atoms with Gasteiger partial charge in [0.15, 0.2) is 0 Å². The molecule has 0 aromatic heterocycles. The highest BCUT2D eigenvalue weighted by molar-refractivity contribution is 8.26. The van der Waals surface area contributed by atoms with Crippen molar-refractivity contribution in [1.29, 1.82) is 0 Å². The third-order valence-electron chi connectivity index (χ3n) is 3.60. The maximum absolute atomic E-state index is 12.6. The van der Waals surface area contributed by atoms with Gasteiger partial charge in [-0.15, -0.1) is 0 Å². The van der Waals surface area contributed by atoms with Crippen LogP contribution in [0.25, 0.3) is 6.08 Å². The summed E-state index contributed by atoms with van der Waals surface area (Å²) >= 11 is 6.17. The van der Waals surface area contributed by atoms with Gasteiger partial charge in [-0.2, -0.15) is 0 Å². The Morgan fingerprint density at radius 3 is 2.50 bits per heavy atom. The van der Waals surface area contributed by atoms with Gasteiger partial charge in [0, 0.05) is 6.42 Å². The summed E-state index contributed by atoms with van der Waals surface area (Å²) in [6.07, 6.45) is 2.98. The Hall–Kier alpha value is -2.45. The standard InChI is InChI=1S/C18H17NO5S2/c1-11(9-12-5-3-2-4-6-12)10-14-16(22)19(18(25)26-14)13(17(23)24)7-8-15(20)21/h2-6,9-10,13H,7-8H2,1H3,(H,20,21)(H,23,24)/b11-9+,14-10+/t13-/m1/s1. The molecule has 1 amide bonds. The fraction of sp³-hybridized carbons (Fsp3) is 0.222. The van der Waals surface area contributed by atoms with Crippen LogP contribution in [0.5, 0.6) is 0 Å². The molecule has 26 heavy (non-hydrogen) atoms. The minimum absolute atomic E-state index is 0.117. The molecule has 1 fully saturated rings. The molecule has 0 radical (unpaired) electrons. The lowest BCUT2D eigenvalue weighted by atomic mass is 10.1. The van der Waals surface area contributed by atoms with Gasteiger partial charge in [0.2, 0.25) is 0 Å². The van der Waals surface area contributed by atoms with E-state index in [9.17, 15) is 19.5 Å². The van der Waals surface area contributed by atoms with E-state index < -0.39 is 23.9 Å². The van der Waals surface area contributed by atoms with E-state index in [1.807, 2.05) is 43.3 Å². The molecule has 8 heteroatoms. The van der Waals surface area contributed by atoms with Crippen molar-refractivity contribution in [2.45, 2.75) is 25.8 Å². The second-order valence-corrected chi connectivity index (χ2v) is 7.31. The van der Waals surface area contributed by atoms with Crippen LogP contribution in [0.3, 0.4) is 0 Å². The van der Waals surface area contributed by atoms with Crippen LogP contribution in [0.4, 0.5) is 0 Å². The molecule has 1 saturated heterocycles. The Kier molecular flexibility index (Phi) is 6.70. The van der Waals surface area contributed by atoms with Crippen LogP contribution in [0, 0.1) is 0 Å². The summed E-state index contributed by atoms with van der Waals surface area (Å²) < 4.78 is 0.117. The Labute approximate surface area is 160 Å². The second-order valence-electron chi connectivity index (χ2n) is 5.64. The number of allylic oxidation sites excluding steroid dienone is 2. The molecule has 1 atom stereocenters. The van der Waals surface area contributed by atoms with E-state index >= 15 is 0 Å². The van der Waals surface area contributed by atoms with E-state index in [1.54, 1.807) is 6.08 Å². The Balaban J connectivity index is 2.22. The molecule has 0 unspecified atom stereocenters. The van der Waals surface area contributed by atoms with Crippen LogP contribution in [0.2, 0.25) is 0 Å². The average molecular weight is 391 g/mol. The molecule has 1 aliphatic rings. The topological polar surface area (TPSA) is 94.9 Å². The number of thioether (sulfide) groups is 1. The largest absolute Gasteiger partial charge is 0.481 e. The lowest BCUT2D eigenvalue weighted by molar-refractivity contribution is -0.146. The van der Waals surface area contributed by atoms with Crippen molar-refractivity contribution < 1.29 is 24.6 Å². The normalized spacial score (nSPS) is 17.7. The molecule has 1 aromatic rings. The van der Waals surface area contributed by atoms with Crippen LogP contribution < -0.4 is 0 Å². The van der Waals surface area contributed by atoms with Crippen LogP contribution in [-0.2, 0) is 14.4 Å². The summed E-state index contributed by atoms with van der Waals surface area (Å²) in [4.78, 5) is 36.1. The van der Waals surface area contributed by atoms with E-state index in [0.717, 1.165) is 27.8 Å². The maximum Gasteiger partial charge on any atom is 0.326 e. The first-order valence-electron chi connectivity index (χ1n) is 7.74. The van der Waals surface area contributed by atoms with Crippen molar-refractivity contribution in [1.82, 2.24) is 4.90 Å². The zero-order valence-corrected chi connectivity index (χ0v) is 15.5. The van der Waals surface area contributed by atoms with Gasteiger partial charge in [-0.1, -0.05) is 60.4 Å². The molecule has 0 aliphatic carbocycles. The highest BCUT2D eigenvalue weighted by atomic mass is 32.2. The van der Waals surface area contributed by atoms with Gasteiger partial charge in [0.1, 0.15) is 10.4 Å². The van der Waals surface area contributed by atoms with Crippen molar-refractivity contribution in [3.05, 3.63) is 52.4 Å². The number of rotatable bonds is 7. The van der Waals surface area contributed by atoms with Gasteiger partial charge in [-0.05, 0) is 30.6 Å². The highest BCUT2D eigenvalue weighted by Crippen LogP contribution is 2.34. The third kappa shape index (κ3) is 5.03. The lowest BCUT2D eigenvalue weighted by Gasteiger charge is -2.22. The molecule has 2 rings (SSSR count). The number of amides is 1. The summed E-state index contributed by atoms with van der Waals surface area (Å²) in [5.74, 6) is -2.92. The monoisotopic (exact) mass is 391 g/mol. The summed E-state index contributed by atoms with van der Waals surface area (Å²) in [6, 6.07) is 8.27. The maximum atomic E-state index is 12.6. The molecule has 0 bridgehead atoms. The highest BCUT2D eigenvalue weighted by Gasteiger charge is 2.40. The lowest BCUT2D eigenvalue weighted by Crippen LogP contribution is -2.44.